The summed E-state index contributed by atoms with van der Waals surface area (Å²) in [5, 5.41) is 2.59. The molecule has 38 heavy (non-hydrogen) atoms. The molecule has 2 aliphatic carbocycles. The topological polar surface area (TPSA) is 35.2 Å². The predicted octanol–water partition coefficient (Wildman–Crippen LogP) is 9.12. The van der Waals surface area contributed by atoms with Crippen LogP contribution in [-0.4, -0.2) is 12.6 Å². The molecule has 2 N–H and O–H groups in total. The molecule has 0 radical (unpaired) electrons. The molecule has 0 amide bonds. The summed E-state index contributed by atoms with van der Waals surface area (Å²) in [4.78, 5) is 2.47. The molecule has 2 atom stereocenters. The van der Waals surface area contributed by atoms with Crippen LogP contribution in [0.25, 0.3) is 21.9 Å². The van der Waals surface area contributed by atoms with Crippen molar-refractivity contribution in [3.8, 4) is 16.9 Å². The molecule has 4 aromatic carbocycles. The van der Waals surface area contributed by atoms with E-state index < -0.39 is 0 Å². The first-order valence-electron chi connectivity index (χ1n) is 13.7. The van der Waals surface area contributed by atoms with E-state index in [1.165, 1.54) is 54.6 Å². The minimum absolute atomic E-state index is 0.0734. The molecule has 1 spiro atoms. The molecule has 2 unspecified atom stereocenters. The van der Waals surface area contributed by atoms with E-state index in [1.807, 2.05) is 11.8 Å². The highest BCUT2D eigenvalue weighted by Gasteiger charge is 2.53. The maximum absolute atomic E-state index is 7.03. The molecule has 2 aliphatic rings. The zero-order chi connectivity index (χ0) is 27.0. The third-order valence-electron chi connectivity index (χ3n) is 8.84. The maximum Gasteiger partial charge on any atom is 0.133 e. The molecule has 1 fully saturated rings. The second kappa shape index (κ2) is 8.63. The van der Waals surface area contributed by atoms with E-state index >= 15 is 0 Å². The van der Waals surface area contributed by atoms with Gasteiger partial charge in [0.05, 0.1) is 12.0 Å². The zero-order valence-electron chi connectivity index (χ0n) is 23.8. The second-order valence-corrected chi connectivity index (χ2v) is 14.0. The quantitative estimate of drug-likeness (QED) is 0.292. The average Bonchev–Trinajstić information content (AvgIpc) is 3.07. The van der Waals surface area contributed by atoms with Crippen LogP contribution in [0.4, 0.5) is 0 Å². The summed E-state index contributed by atoms with van der Waals surface area (Å²) in [6.45, 7) is 13.7. The molecular weight excluding hydrogens is 482 g/mol. The van der Waals surface area contributed by atoms with Crippen LogP contribution in [0.5, 0.6) is 5.75 Å². The zero-order valence-corrected chi connectivity index (χ0v) is 24.6. The molecule has 196 valence electrons. The van der Waals surface area contributed by atoms with E-state index in [1.54, 1.807) is 7.11 Å². The van der Waals surface area contributed by atoms with Crippen LogP contribution in [0.15, 0.2) is 70.5 Å². The standard InChI is InChI=1S/C35H39NOS/c1-21-11-10-12-22(2)32(21)38-30-17-26-25(16-29(30)37-7)23(3)15-28-31(26)24-13-8-9-14-27(24)35(28)19-33(4,5)18-34(6,36)20-35/h8-17H,18-20,36H2,1-7H3. The molecular formula is C35H39NOS. The van der Waals surface area contributed by atoms with E-state index in [2.05, 4.69) is 102 Å². The number of ether oxygens (including phenoxy) is 1. The molecule has 3 heteroatoms. The van der Waals surface area contributed by atoms with Crippen LogP contribution >= 0.6 is 11.8 Å². The minimum Gasteiger partial charge on any atom is -0.496 e. The van der Waals surface area contributed by atoms with Crippen molar-refractivity contribution in [3.05, 3.63) is 88.5 Å². The van der Waals surface area contributed by atoms with Crippen LogP contribution in [0.1, 0.15) is 67.9 Å². The largest absolute Gasteiger partial charge is 0.496 e. The van der Waals surface area contributed by atoms with Gasteiger partial charge in [-0.3, -0.25) is 0 Å². The summed E-state index contributed by atoms with van der Waals surface area (Å²) < 4.78 is 5.98. The minimum atomic E-state index is -0.220. The Labute approximate surface area is 232 Å². The van der Waals surface area contributed by atoms with Gasteiger partial charge in [0.1, 0.15) is 5.75 Å². The Balaban J connectivity index is 1.65. The Bertz CT molecular complexity index is 1560. The second-order valence-electron chi connectivity index (χ2n) is 13.0. The van der Waals surface area contributed by atoms with Crippen LogP contribution < -0.4 is 10.5 Å². The third-order valence-corrected chi connectivity index (χ3v) is 10.2. The van der Waals surface area contributed by atoms with Crippen molar-refractivity contribution in [2.24, 2.45) is 11.1 Å². The summed E-state index contributed by atoms with van der Waals surface area (Å²) in [7, 11) is 1.79. The Morgan fingerprint density at radius 2 is 1.47 bits per heavy atom. The van der Waals surface area contributed by atoms with E-state index in [9.17, 15) is 0 Å². The lowest BCUT2D eigenvalue weighted by Gasteiger charge is -2.51. The van der Waals surface area contributed by atoms with Gasteiger partial charge in [-0.1, -0.05) is 74.1 Å². The Morgan fingerprint density at radius 3 is 2.16 bits per heavy atom. The molecule has 1 saturated carbocycles. The van der Waals surface area contributed by atoms with E-state index in [4.69, 9.17) is 10.5 Å². The number of fused-ring (bicyclic) bond motifs is 7. The van der Waals surface area contributed by atoms with Crippen molar-refractivity contribution in [2.75, 3.05) is 7.11 Å². The lowest BCUT2D eigenvalue weighted by Crippen LogP contribution is -2.53. The van der Waals surface area contributed by atoms with Crippen molar-refractivity contribution in [1.82, 2.24) is 0 Å². The van der Waals surface area contributed by atoms with E-state index in [0.29, 0.717) is 0 Å². The summed E-state index contributed by atoms with van der Waals surface area (Å²) in [5.41, 5.74) is 16.4. The van der Waals surface area contributed by atoms with E-state index in [-0.39, 0.29) is 16.4 Å². The number of rotatable bonds is 3. The number of benzene rings is 4. The summed E-state index contributed by atoms with van der Waals surface area (Å²) in [6, 6.07) is 22.7. The molecule has 6 rings (SSSR count). The fourth-order valence-corrected chi connectivity index (χ4v) is 9.11. The smallest absolute Gasteiger partial charge is 0.133 e. The van der Waals surface area contributed by atoms with Gasteiger partial charge in [-0.05, 0) is 114 Å². The van der Waals surface area contributed by atoms with Crippen molar-refractivity contribution in [1.29, 1.82) is 0 Å². The predicted molar refractivity (Wildman–Crippen MR) is 162 cm³/mol. The van der Waals surface area contributed by atoms with Gasteiger partial charge in [0.15, 0.2) is 0 Å². The van der Waals surface area contributed by atoms with Gasteiger partial charge in [-0.25, -0.2) is 0 Å². The van der Waals surface area contributed by atoms with Crippen LogP contribution in [0.2, 0.25) is 0 Å². The van der Waals surface area contributed by atoms with Crippen molar-refractivity contribution in [2.45, 2.75) is 81.5 Å². The van der Waals surface area contributed by atoms with Crippen LogP contribution in [0, 0.1) is 26.2 Å². The van der Waals surface area contributed by atoms with Gasteiger partial charge in [-0.15, -0.1) is 0 Å². The molecule has 0 heterocycles. The molecule has 4 aromatic rings. The fourth-order valence-electron chi connectivity index (χ4n) is 8.01. The first-order valence-corrected chi connectivity index (χ1v) is 14.6. The molecule has 0 bridgehead atoms. The van der Waals surface area contributed by atoms with Crippen LogP contribution in [0.3, 0.4) is 0 Å². The van der Waals surface area contributed by atoms with Crippen molar-refractivity contribution in [3.63, 3.8) is 0 Å². The highest BCUT2D eigenvalue weighted by Crippen LogP contribution is 2.62. The summed E-state index contributed by atoms with van der Waals surface area (Å²) in [5.74, 6) is 0.933. The lowest BCUT2D eigenvalue weighted by atomic mass is 9.54. The molecule has 2 nitrogen and oxygen atoms in total. The normalized spacial score (nSPS) is 23.5. The van der Waals surface area contributed by atoms with Gasteiger partial charge >= 0.3 is 0 Å². The van der Waals surface area contributed by atoms with E-state index in [0.717, 1.165) is 29.9 Å². The Morgan fingerprint density at radius 1 is 0.763 bits per heavy atom. The van der Waals surface area contributed by atoms with Gasteiger partial charge in [0.2, 0.25) is 0 Å². The first kappa shape index (κ1) is 25.5. The monoisotopic (exact) mass is 521 g/mol. The highest BCUT2D eigenvalue weighted by atomic mass is 32.2. The van der Waals surface area contributed by atoms with Gasteiger partial charge in [0.25, 0.3) is 0 Å². The number of hydrogen-bond donors (Lipinski definition) is 1. The van der Waals surface area contributed by atoms with Crippen LogP contribution in [-0.2, 0) is 5.41 Å². The number of nitrogens with two attached hydrogens (primary N) is 1. The average molecular weight is 522 g/mol. The summed E-state index contributed by atoms with van der Waals surface area (Å²) in [6.07, 6.45) is 3.13. The van der Waals surface area contributed by atoms with Crippen molar-refractivity contribution < 1.29 is 4.74 Å². The molecule has 0 saturated heterocycles. The summed E-state index contributed by atoms with van der Waals surface area (Å²) >= 11 is 1.82. The highest BCUT2D eigenvalue weighted by molar-refractivity contribution is 7.99. The third kappa shape index (κ3) is 3.89. The molecule has 0 aliphatic heterocycles. The Hall–Kier alpha value is -2.75. The van der Waals surface area contributed by atoms with Gasteiger partial charge < -0.3 is 10.5 Å². The number of hydrogen-bond acceptors (Lipinski definition) is 3. The SMILES string of the molecule is COc1cc2c(C)cc3c(c2cc1Sc1c(C)cccc1C)-c1ccccc1C31CC(C)(C)CC(C)(N)C1. The van der Waals surface area contributed by atoms with Gasteiger partial charge in [0, 0.05) is 15.8 Å². The fraction of sp³-hybridized carbons (Fsp3) is 0.371. The maximum atomic E-state index is 7.03. The lowest BCUT2D eigenvalue weighted by molar-refractivity contribution is 0.107. The number of methoxy groups -OCH3 is 1. The van der Waals surface area contributed by atoms with Gasteiger partial charge in [-0.2, -0.15) is 0 Å². The number of aryl methyl sites for hydroxylation is 3. The first-order chi connectivity index (χ1) is 17.9. The Kier molecular flexibility index (Phi) is 5.79. The van der Waals surface area contributed by atoms with Crippen molar-refractivity contribution >= 4 is 22.5 Å². The molecule has 0 aromatic heterocycles.